The monoisotopic (exact) mass is 376 g/mol. The Labute approximate surface area is 137 Å². The van der Waals surface area contributed by atoms with Crippen molar-refractivity contribution in [2.75, 3.05) is 19.6 Å². The maximum atomic E-state index is 12.8. The van der Waals surface area contributed by atoms with Gasteiger partial charge in [-0.25, -0.2) is 8.42 Å². The van der Waals surface area contributed by atoms with Crippen molar-refractivity contribution in [3.05, 3.63) is 28.2 Å². The number of unbranched alkanes of at least 4 members (excludes halogenated alkanes) is 1. The highest BCUT2D eigenvalue weighted by molar-refractivity contribution is 9.10. The van der Waals surface area contributed by atoms with Crippen molar-refractivity contribution in [1.82, 2.24) is 9.62 Å². The van der Waals surface area contributed by atoms with Gasteiger partial charge in [0.05, 0.1) is 4.90 Å². The van der Waals surface area contributed by atoms with Crippen LogP contribution in [0, 0.1) is 0 Å². The number of hydrogen-bond acceptors (Lipinski definition) is 3. The average molecular weight is 377 g/mol. The van der Waals surface area contributed by atoms with Gasteiger partial charge in [-0.2, -0.15) is 4.31 Å². The van der Waals surface area contributed by atoms with Crippen LogP contribution in [0.3, 0.4) is 0 Å². The van der Waals surface area contributed by atoms with Gasteiger partial charge in [-0.15, -0.1) is 0 Å². The van der Waals surface area contributed by atoms with Crippen LogP contribution in [0.25, 0.3) is 0 Å². The third-order valence-electron chi connectivity index (χ3n) is 3.31. The first-order chi connectivity index (χ1) is 9.97. The van der Waals surface area contributed by atoms with Crippen LogP contribution in [0.4, 0.5) is 0 Å². The molecule has 0 aliphatic carbocycles. The predicted molar refractivity (Wildman–Crippen MR) is 90.9 cm³/mol. The lowest BCUT2D eigenvalue weighted by Gasteiger charge is -2.21. The molecule has 0 unspecified atom stereocenters. The standard InChI is InChI=1S/C15H25BrN2O2S/c1-4-7-10-18(6-3)21(19,20)15-11-13(12-17-5-2)8-9-14(15)16/h8-9,11,17H,4-7,10,12H2,1-3H3. The lowest BCUT2D eigenvalue weighted by Crippen LogP contribution is -2.32. The van der Waals surface area contributed by atoms with Gasteiger partial charge < -0.3 is 5.32 Å². The summed E-state index contributed by atoms with van der Waals surface area (Å²) in [4.78, 5) is 0.357. The lowest BCUT2D eigenvalue weighted by atomic mass is 10.2. The molecule has 0 saturated carbocycles. The van der Waals surface area contributed by atoms with E-state index in [1.807, 2.05) is 26.0 Å². The van der Waals surface area contributed by atoms with Gasteiger partial charge in [0, 0.05) is 24.1 Å². The summed E-state index contributed by atoms with van der Waals surface area (Å²) in [5.74, 6) is 0. The molecule has 0 saturated heterocycles. The molecule has 0 aromatic heterocycles. The molecule has 4 nitrogen and oxygen atoms in total. The van der Waals surface area contributed by atoms with E-state index < -0.39 is 10.0 Å². The molecule has 120 valence electrons. The topological polar surface area (TPSA) is 49.4 Å². The summed E-state index contributed by atoms with van der Waals surface area (Å²) in [5.41, 5.74) is 0.977. The highest BCUT2D eigenvalue weighted by Gasteiger charge is 2.25. The average Bonchev–Trinajstić information content (AvgIpc) is 2.46. The minimum absolute atomic E-state index is 0.357. The molecule has 0 spiro atoms. The van der Waals surface area contributed by atoms with Gasteiger partial charge >= 0.3 is 0 Å². The maximum Gasteiger partial charge on any atom is 0.244 e. The molecule has 0 amide bonds. The fraction of sp³-hybridized carbons (Fsp3) is 0.600. The zero-order valence-electron chi connectivity index (χ0n) is 13.0. The lowest BCUT2D eigenvalue weighted by molar-refractivity contribution is 0.418. The smallest absolute Gasteiger partial charge is 0.244 e. The second kappa shape index (κ2) is 8.88. The number of nitrogens with zero attached hydrogens (tertiary/aromatic N) is 1. The van der Waals surface area contributed by atoms with Crippen molar-refractivity contribution in [2.24, 2.45) is 0 Å². The molecule has 21 heavy (non-hydrogen) atoms. The number of halogens is 1. The Kier molecular flexibility index (Phi) is 7.87. The predicted octanol–water partition coefficient (Wildman–Crippen LogP) is 3.37. The molecule has 0 atom stereocenters. The van der Waals surface area contributed by atoms with Gasteiger partial charge in [-0.05, 0) is 46.6 Å². The molecule has 0 aliphatic rings. The Bertz CT molecular complexity index is 547. The van der Waals surface area contributed by atoms with Crippen LogP contribution in [0.1, 0.15) is 39.2 Å². The van der Waals surface area contributed by atoms with Crippen LogP contribution < -0.4 is 5.32 Å². The molecule has 1 rings (SSSR count). The van der Waals surface area contributed by atoms with E-state index in [9.17, 15) is 8.42 Å². The van der Waals surface area contributed by atoms with Crippen LogP contribution in [0.15, 0.2) is 27.6 Å². The van der Waals surface area contributed by atoms with Crippen molar-refractivity contribution in [1.29, 1.82) is 0 Å². The minimum atomic E-state index is -3.44. The third-order valence-corrected chi connectivity index (χ3v) is 6.27. The van der Waals surface area contributed by atoms with Crippen LogP contribution >= 0.6 is 15.9 Å². The molecule has 0 radical (unpaired) electrons. The Morgan fingerprint density at radius 1 is 1.24 bits per heavy atom. The third kappa shape index (κ3) is 5.06. The summed E-state index contributed by atoms with van der Waals surface area (Å²) < 4.78 is 27.8. The van der Waals surface area contributed by atoms with E-state index in [-0.39, 0.29) is 0 Å². The van der Waals surface area contributed by atoms with Crippen LogP contribution in [0.5, 0.6) is 0 Å². The van der Waals surface area contributed by atoms with E-state index >= 15 is 0 Å². The normalized spacial score (nSPS) is 12.0. The van der Waals surface area contributed by atoms with E-state index in [0.29, 0.717) is 29.0 Å². The maximum absolute atomic E-state index is 12.8. The van der Waals surface area contributed by atoms with Crippen molar-refractivity contribution in [2.45, 2.75) is 45.1 Å². The molecule has 1 aromatic rings. The van der Waals surface area contributed by atoms with Crippen LogP contribution in [-0.4, -0.2) is 32.4 Å². The summed E-state index contributed by atoms with van der Waals surface area (Å²) in [6.45, 7) is 8.56. The van der Waals surface area contributed by atoms with E-state index in [1.165, 1.54) is 0 Å². The van der Waals surface area contributed by atoms with Crippen molar-refractivity contribution < 1.29 is 8.42 Å². The Morgan fingerprint density at radius 3 is 2.52 bits per heavy atom. The first kappa shape index (κ1) is 18.6. The molecule has 0 fully saturated rings. The van der Waals surface area contributed by atoms with E-state index in [4.69, 9.17) is 0 Å². The van der Waals surface area contributed by atoms with E-state index in [0.717, 1.165) is 24.9 Å². The summed E-state index contributed by atoms with van der Waals surface area (Å²) in [7, 11) is -3.44. The van der Waals surface area contributed by atoms with Gasteiger partial charge in [0.25, 0.3) is 0 Å². The molecule has 1 aromatic carbocycles. The number of hydrogen-bond donors (Lipinski definition) is 1. The molecule has 0 aliphatic heterocycles. The molecular formula is C15H25BrN2O2S. The van der Waals surface area contributed by atoms with Gasteiger partial charge in [0.2, 0.25) is 10.0 Å². The van der Waals surface area contributed by atoms with Crippen LogP contribution in [-0.2, 0) is 16.6 Å². The SMILES string of the molecule is CCCCN(CC)S(=O)(=O)c1cc(CNCC)ccc1Br. The number of nitrogens with one attached hydrogen (secondary N) is 1. The van der Waals surface area contributed by atoms with Crippen molar-refractivity contribution in [3.8, 4) is 0 Å². The Morgan fingerprint density at radius 2 is 1.95 bits per heavy atom. The summed E-state index contributed by atoms with van der Waals surface area (Å²) >= 11 is 3.37. The highest BCUT2D eigenvalue weighted by Crippen LogP contribution is 2.26. The summed E-state index contributed by atoms with van der Waals surface area (Å²) in [6, 6.07) is 5.51. The molecule has 1 N–H and O–H groups in total. The second-order valence-corrected chi connectivity index (χ2v) is 7.66. The van der Waals surface area contributed by atoms with Gasteiger partial charge in [-0.1, -0.05) is 33.3 Å². The molecular weight excluding hydrogens is 352 g/mol. The van der Waals surface area contributed by atoms with Crippen molar-refractivity contribution >= 4 is 26.0 Å². The largest absolute Gasteiger partial charge is 0.313 e. The zero-order valence-corrected chi connectivity index (χ0v) is 15.4. The second-order valence-electron chi connectivity index (χ2n) is 4.90. The molecule has 0 bridgehead atoms. The van der Waals surface area contributed by atoms with Gasteiger partial charge in [0.15, 0.2) is 0 Å². The summed E-state index contributed by atoms with van der Waals surface area (Å²) in [5, 5.41) is 3.22. The zero-order chi connectivity index (χ0) is 15.9. The fourth-order valence-corrected chi connectivity index (χ4v) is 4.51. The number of benzene rings is 1. The Balaban J connectivity index is 3.10. The minimum Gasteiger partial charge on any atom is -0.313 e. The highest BCUT2D eigenvalue weighted by atomic mass is 79.9. The molecule has 6 heteroatoms. The van der Waals surface area contributed by atoms with Crippen molar-refractivity contribution in [3.63, 3.8) is 0 Å². The van der Waals surface area contributed by atoms with E-state index in [1.54, 1.807) is 10.4 Å². The van der Waals surface area contributed by atoms with Gasteiger partial charge in [0.1, 0.15) is 0 Å². The quantitative estimate of drug-likeness (QED) is 0.718. The number of sulfonamides is 1. The number of rotatable bonds is 9. The molecule has 0 heterocycles. The summed E-state index contributed by atoms with van der Waals surface area (Å²) in [6.07, 6.45) is 1.86. The first-order valence-corrected chi connectivity index (χ1v) is 9.69. The van der Waals surface area contributed by atoms with E-state index in [2.05, 4.69) is 28.2 Å². The Hall–Kier alpha value is -0.430. The first-order valence-electron chi connectivity index (χ1n) is 7.46. The fourth-order valence-electron chi connectivity index (χ4n) is 2.05. The van der Waals surface area contributed by atoms with Gasteiger partial charge in [-0.3, -0.25) is 0 Å². The van der Waals surface area contributed by atoms with Crippen LogP contribution in [0.2, 0.25) is 0 Å².